The number of amides is 1. The molecule has 316 valence electrons. The number of para-hydroxylation sites is 1. The largest absolute Gasteiger partial charge is 0.476 e. The molecule has 1 amide bonds. The van der Waals surface area contributed by atoms with Crippen molar-refractivity contribution in [3.05, 3.63) is 88.7 Å². The van der Waals surface area contributed by atoms with Crippen LogP contribution in [-0.2, 0) is 27.8 Å². The smallest absolute Gasteiger partial charge is 0.355 e. The molecule has 5 aliphatic rings. The summed E-state index contributed by atoms with van der Waals surface area (Å²) in [7, 11) is -4.02. The van der Waals surface area contributed by atoms with Crippen molar-refractivity contribution in [1.82, 2.24) is 15.3 Å². The van der Waals surface area contributed by atoms with Gasteiger partial charge in [0.15, 0.2) is 10.8 Å². The third kappa shape index (κ3) is 6.44. The zero-order valence-corrected chi connectivity index (χ0v) is 35.7. The van der Waals surface area contributed by atoms with Gasteiger partial charge in [0.2, 0.25) is 0 Å². The van der Waals surface area contributed by atoms with Gasteiger partial charge < -0.3 is 25.8 Å². The number of carboxylic acids is 1. The minimum Gasteiger partial charge on any atom is -0.476 e. The number of ether oxygens (including phenoxy) is 1. The highest BCUT2D eigenvalue weighted by atomic mass is 32.2. The Bertz CT molecular complexity index is 2580. The molecule has 2 aromatic heterocycles. The van der Waals surface area contributed by atoms with Crippen molar-refractivity contribution >= 4 is 65.8 Å². The summed E-state index contributed by atoms with van der Waals surface area (Å²) in [6.07, 6.45) is 7.12. The molecule has 4 aliphatic carbocycles. The van der Waals surface area contributed by atoms with Crippen LogP contribution in [0.3, 0.4) is 0 Å². The minimum atomic E-state index is -4.02. The van der Waals surface area contributed by atoms with Crippen LogP contribution in [0.5, 0.6) is 0 Å². The lowest BCUT2D eigenvalue weighted by Gasteiger charge is -2.83. The maximum Gasteiger partial charge on any atom is 0.355 e. The van der Waals surface area contributed by atoms with E-state index >= 15 is 0 Å². The van der Waals surface area contributed by atoms with Gasteiger partial charge in [-0.05, 0) is 109 Å². The molecule has 14 nitrogen and oxygen atoms in total. The fraction of sp³-hybridized carbons (Fsp3) is 0.477. The van der Waals surface area contributed by atoms with Crippen LogP contribution in [-0.4, -0.2) is 89.8 Å². The van der Waals surface area contributed by atoms with Gasteiger partial charge in [0, 0.05) is 61.3 Å². The maximum atomic E-state index is 13.6. The molecule has 2 aromatic carbocycles. The Hall–Kier alpha value is -4.74. The lowest BCUT2D eigenvalue weighted by atomic mass is 9.21. The van der Waals surface area contributed by atoms with Gasteiger partial charge in [-0.1, -0.05) is 49.4 Å². The van der Waals surface area contributed by atoms with Gasteiger partial charge >= 0.3 is 5.97 Å². The minimum absolute atomic E-state index is 0.0567. The van der Waals surface area contributed by atoms with Crippen molar-refractivity contribution in [2.75, 3.05) is 48.8 Å². The van der Waals surface area contributed by atoms with E-state index in [1.165, 1.54) is 17.5 Å². The standard InChI is InChI=1S/C44H51N7O7S2/c1-27(47-26-42-22-40(2)21-41(3)23-43(24-42,25-44(40,41)42)58-17-14-46-15-18-60(55,56)57)31(19-45)29-11-12-35(49-36(29)38(53)54)51-16-13-28-7-6-8-30(32(28)20-51)37(52)50-39-48-33-9-4-5-10-34(33)59-39/h4-12,19,46H,13-18,20-26,45H2,1-3H3,(H,53,54)(H,48,50,52)(H,55,56,57)/b31-19+,47-27?. The van der Waals surface area contributed by atoms with E-state index in [-0.39, 0.29) is 51.2 Å². The summed E-state index contributed by atoms with van der Waals surface area (Å²) in [4.78, 5) is 43.0. The molecule has 1 spiro atoms. The van der Waals surface area contributed by atoms with E-state index in [1.54, 1.807) is 12.1 Å². The van der Waals surface area contributed by atoms with Gasteiger partial charge in [-0.25, -0.2) is 14.8 Å². The summed E-state index contributed by atoms with van der Waals surface area (Å²) in [6.45, 7) is 9.32. The van der Waals surface area contributed by atoms with Gasteiger partial charge in [0.1, 0.15) is 5.82 Å². The van der Waals surface area contributed by atoms with Crippen LogP contribution in [0.4, 0.5) is 10.9 Å². The fourth-order valence-electron chi connectivity index (χ4n) is 13.0. The highest BCUT2D eigenvalue weighted by molar-refractivity contribution is 7.85. The summed E-state index contributed by atoms with van der Waals surface area (Å²) in [5.74, 6) is -1.27. The van der Waals surface area contributed by atoms with Crippen LogP contribution < -0.4 is 21.3 Å². The molecule has 16 heteroatoms. The van der Waals surface area contributed by atoms with Crippen molar-refractivity contribution in [2.24, 2.45) is 32.4 Å². The number of pyridine rings is 1. The lowest BCUT2D eigenvalue weighted by Crippen LogP contribution is -2.78. The van der Waals surface area contributed by atoms with E-state index in [4.69, 9.17) is 25.0 Å². The molecule has 4 aromatic rings. The molecular weight excluding hydrogens is 803 g/mol. The number of carbonyl (C=O) groups excluding carboxylic acids is 1. The first-order valence-corrected chi connectivity index (χ1v) is 23.0. The molecule has 2 bridgehead atoms. The van der Waals surface area contributed by atoms with Gasteiger partial charge in [-0.15, -0.1) is 0 Å². The number of nitrogens with zero attached hydrogens (tertiary/aromatic N) is 4. The third-order valence-corrected chi connectivity index (χ3v) is 16.2. The molecule has 60 heavy (non-hydrogen) atoms. The molecule has 0 radical (unpaired) electrons. The van der Waals surface area contributed by atoms with Crippen LogP contribution in [0.1, 0.15) is 90.4 Å². The van der Waals surface area contributed by atoms with E-state index < -0.39 is 16.1 Å². The monoisotopic (exact) mass is 853 g/mol. The SMILES string of the molecule is CC(=NCC12CC3(OCCNCCS(=O)(=O)O)CC4(C)CC(C)(C1)C42C3)/C(=C\N)c1ccc(N2CCc3cccc(C(=O)Nc4nc5ccccc5s4)c3C2)nc1C(=O)O. The van der Waals surface area contributed by atoms with Crippen LogP contribution in [0.2, 0.25) is 0 Å². The predicted octanol–water partition coefficient (Wildman–Crippen LogP) is 6.19. The Kier molecular flexibility index (Phi) is 9.78. The molecule has 9 rings (SSSR count). The van der Waals surface area contributed by atoms with Crippen LogP contribution in [0, 0.1) is 21.7 Å². The molecule has 5 atom stereocenters. The molecule has 4 fully saturated rings. The number of rotatable bonds is 15. The Labute approximate surface area is 353 Å². The van der Waals surface area contributed by atoms with Gasteiger partial charge in [-0.3, -0.25) is 19.7 Å². The first kappa shape index (κ1) is 40.7. The zero-order chi connectivity index (χ0) is 42.3. The second-order valence-corrected chi connectivity index (χ2v) is 20.8. The third-order valence-electron chi connectivity index (χ3n) is 14.6. The second kappa shape index (κ2) is 14.4. The highest BCUT2D eigenvalue weighted by Gasteiger charge is 2.92. The molecule has 0 saturated heterocycles. The number of nitrogens with two attached hydrogens (primary N) is 1. The summed E-state index contributed by atoms with van der Waals surface area (Å²) >= 11 is 1.42. The van der Waals surface area contributed by atoms with Crippen LogP contribution in [0.15, 0.2) is 65.8 Å². The number of aromatic carboxylic acids is 1. The van der Waals surface area contributed by atoms with E-state index in [0.717, 1.165) is 53.4 Å². The van der Waals surface area contributed by atoms with E-state index in [2.05, 4.69) is 29.5 Å². The average molecular weight is 854 g/mol. The number of hydrogen-bond donors (Lipinski definition) is 5. The van der Waals surface area contributed by atoms with E-state index in [1.807, 2.05) is 54.3 Å². The number of aromatic nitrogens is 2. The molecule has 4 saturated carbocycles. The number of nitrogens with one attached hydrogen (secondary N) is 2. The fourth-order valence-corrected chi connectivity index (χ4v) is 14.3. The average Bonchev–Trinajstić information content (AvgIpc) is 3.81. The summed E-state index contributed by atoms with van der Waals surface area (Å²) < 4.78 is 38.9. The van der Waals surface area contributed by atoms with Crippen molar-refractivity contribution in [3.63, 3.8) is 0 Å². The van der Waals surface area contributed by atoms with Crippen molar-refractivity contribution < 1.29 is 32.4 Å². The van der Waals surface area contributed by atoms with Crippen LogP contribution in [0.25, 0.3) is 15.8 Å². The normalized spacial score (nSPS) is 29.2. The van der Waals surface area contributed by atoms with Crippen molar-refractivity contribution in [2.45, 2.75) is 71.4 Å². The number of benzene rings is 2. The molecule has 5 unspecified atom stereocenters. The number of aliphatic imine (C=N–C) groups is 1. The quantitative estimate of drug-likeness (QED) is 0.0516. The number of fused-ring (bicyclic) bond motifs is 3. The number of carbonyl (C=O) groups is 2. The summed E-state index contributed by atoms with van der Waals surface area (Å²) in [5, 5.41) is 17.1. The van der Waals surface area contributed by atoms with Crippen molar-refractivity contribution in [1.29, 1.82) is 0 Å². The number of anilines is 2. The summed E-state index contributed by atoms with van der Waals surface area (Å²) in [5.41, 5.74) is 11.1. The molecule has 6 N–H and O–H groups in total. The van der Waals surface area contributed by atoms with Gasteiger partial charge in [0.25, 0.3) is 16.0 Å². The number of thiazole rings is 1. The highest BCUT2D eigenvalue weighted by Crippen LogP contribution is 2.96. The van der Waals surface area contributed by atoms with Crippen LogP contribution >= 0.6 is 11.3 Å². The predicted molar refractivity (Wildman–Crippen MR) is 232 cm³/mol. The Morgan fingerprint density at radius 3 is 2.55 bits per heavy atom. The molecular formula is C44H51N7O7S2. The first-order valence-electron chi connectivity index (χ1n) is 20.5. The second-order valence-electron chi connectivity index (χ2n) is 18.2. The maximum absolute atomic E-state index is 13.6. The summed E-state index contributed by atoms with van der Waals surface area (Å²) in [6, 6.07) is 17.0. The molecule has 3 heterocycles. The number of carboxylic acid groups (broad SMARTS) is 1. The Balaban J connectivity index is 0.912. The number of hydrogen-bond acceptors (Lipinski definition) is 12. The Morgan fingerprint density at radius 1 is 1.00 bits per heavy atom. The first-order chi connectivity index (χ1) is 28.5. The Morgan fingerprint density at radius 2 is 1.80 bits per heavy atom. The lowest BCUT2D eigenvalue weighted by molar-refractivity contribution is -0.350. The number of allylic oxidation sites excluding steroid dienone is 1. The van der Waals surface area contributed by atoms with E-state index in [0.29, 0.717) is 72.6 Å². The molecule has 1 aliphatic heterocycles. The zero-order valence-electron chi connectivity index (χ0n) is 34.1. The topological polar surface area (TPSA) is 209 Å². The van der Waals surface area contributed by atoms with E-state index in [9.17, 15) is 23.1 Å². The van der Waals surface area contributed by atoms with Gasteiger partial charge in [-0.2, -0.15) is 8.42 Å². The van der Waals surface area contributed by atoms with Gasteiger partial charge in [0.05, 0.1) is 28.2 Å². The van der Waals surface area contributed by atoms with Crippen molar-refractivity contribution in [3.8, 4) is 0 Å².